The fourth-order valence-electron chi connectivity index (χ4n) is 7.27. The standard InChI is InChI=1S/C34H41Cl2N5O2S/c1-19(2)28-29(32(43)40-21(4)7-16-27(40)31(42)39-18-20(3)37-17-22(39)5)44-33-38-34(6,24-10-14-26(36)15-11-24)30(41(28)33)23-8-12-25(35)13-9-23/h8-15,19-22,27,30,37H,7,16-18H2,1-6H3/t20-,21-,22-,27+,30-,34+/m1/s1. The van der Waals surface area contributed by atoms with Crippen LogP contribution < -0.4 is 5.32 Å². The second-order valence-corrected chi connectivity index (χ2v) is 15.0. The van der Waals surface area contributed by atoms with E-state index in [9.17, 15) is 9.59 Å². The molecule has 2 fully saturated rings. The Morgan fingerprint density at radius 1 is 0.977 bits per heavy atom. The first-order chi connectivity index (χ1) is 20.9. The summed E-state index contributed by atoms with van der Waals surface area (Å²) in [5, 5.41) is 5.60. The van der Waals surface area contributed by atoms with Crippen LogP contribution in [-0.2, 0) is 15.1 Å². The van der Waals surface area contributed by atoms with Gasteiger partial charge in [0.2, 0.25) is 5.91 Å². The molecule has 2 saturated heterocycles. The number of aliphatic imine (C=N–C) groups is 1. The number of nitrogens with one attached hydrogen (secondary N) is 1. The van der Waals surface area contributed by atoms with Crippen LogP contribution in [0.1, 0.15) is 71.6 Å². The van der Waals surface area contributed by atoms with E-state index in [0.717, 1.165) is 35.0 Å². The van der Waals surface area contributed by atoms with Gasteiger partial charge in [-0.3, -0.25) is 9.59 Å². The van der Waals surface area contributed by atoms with Crippen molar-refractivity contribution in [2.75, 3.05) is 13.1 Å². The third-order valence-corrected chi connectivity index (χ3v) is 11.2. The van der Waals surface area contributed by atoms with Crippen LogP contribution in [0.2, 0.25) is 10.0 Å². The molecule has 0 aromatic heterocycles. The number of carbonyl (C=O) groups excluding carboxylic acids is 2. The largest absolute Gasteiger partial charge is 0.335 e. The van der Waals surface area contributed by atoms with E-state index in [1.165, 1.54) is 11.8 Å². The van der Waals surface area contributed by atoms with E-state index in [1.54, 1.807) is 0 Å². The minimum atomic E-state index is -0.635. The zero-order valence-electron chi connectivity index (χ0n) is 26.2. The van der Waals surface area contributed by atoms with Gasteiger partial charge in [0.25, 0.3) is 5.91 Å². The number of halogens is 2. The van der Waals surface area contributed by atoms with Crippen molar-refractivity contribution in [2.45, 2.75) is 90.1 Å². The SMILES string of the molecule is CC(C)C1=C(C(=O)N2[C@H](C)CC[C@H]2C(=O)N2C[C@@H](C)NC[C@H]2C)SC2=N[C@@](C)(c3ccc(Cl)cc3)[C@@H](c3ccc(Cl)cc3)N21. The molecule has 0 aliphatic carbocycles. The number of likely N-dealkylation sites (tertiary alicyclic amines) is 1. The number of fused-ring (bicyclic) bond motifs is 1. The first-order valence-electron chi connectivity index (χ1n) is 15.6. The van der Waals surface area contributed by atoms with Gasteiger partial charge < -0.3 is 20.0 Å². The van der Waals surface area contributed by atoms with Crippen LogP contribution in [0.25, 0.3) is 0 Å². The van der Waals surface area contributed by atoms with E-state index in [4.69, 9.17) is 28.2 Å². The molecule has 6 rings (SSSR count). The van der Waals surface area contributed by atoms with Gasteiger partial charge >= 0.3 is 0 Å². The normalized spacial score (nSPS) is 30.3. The van der Waals surface area contributed by atoms with Gasteiger partial charge in [-0.1, -0.05) is 61.3 Å². The molecule has 0 bridgehead atoms. The van der Waals surface area contributed by atoms with Crippen molar-refractivity contribution < 1.29 is 9.59 Å². The molecule has 2 amide bonds. The molecule has 6 atom stereocenters. The Morgan fingerprint density at radius 2 is 1.61 bits per heavy atom. The number of allylic oxidation sites excluding steroid dienone is 1. The summed E-state index contributed by atoms with van der Waals surface area (Å²) in [5.41, 5.74) is 2.41. The first-order valence-corrected chi connectivity index (χ1v) is 17.2. The summed E-state index contributed by atoms with van der Waals surface area (Å²) in [6, 6.07) is 15.4. The molecule has 4 aliphatic rings. The number of piperazine rings is 1. The fraction of sp³-hybridized carbons (Fsp3) is 0.500. The molecule has 10 heteroatoms. The third-order valence-electron chi connectivity index (χ3n) is 9.60. The quantitative estimate of drug-likeness (QED) is 0.383. The number of benzene rings is 2. The zero-order chi connectivity index (χ0) is 31.5. The predicted molar refractivity (Wildman–Crippen MR) is 180 cm³/mol. The highest BCUT2D eigenvalue weighted by Crippen LogP contribution is 2.56. The van der Waals surface area contributed by atoms with Crippen LogP contribution in [0.15, 0.2) is 64.1 Å². The van der Waals surface area contributed by atoms with Crippen molar-refractivity contribution in [3.8, 4) is 0 Å². The Labute approximate surface area is 275 Å². The van der Waals surface area contributed by atoms with Crippen LogP contribution >= 0.6 is 35.0 Å². The summed E-state index contributed by atoms with van der Waals surface area (Å²) in [7, 11) is 0. The van der Waals surface area contributed by atoms with Crippen molar-refractivity contribution >= 4 is 51.9 Å². The number of hydrogen-bond acceptors (Lipinski definition) is 6. The maximum Gasteiger partial charge on any atom is 0.263 e. The fourth-order valence-corrected chi connectivity index (χ4v) is 8.87. The number of nitrogens with zero attached hydrogens (tertiary/aromatic N) is 4. The minimum Gasteiger partial charge on any atom is -0.335 e. The van der Waals surface area contributed by atoms with Crippen LogP contribution in [0.3, 0.4) is 0 Å². The average Bonchev–Trinajstić information content (AvgIpc) is 3.64. The van der Waals surface area contributed by atoms with Crippen molar-refractivity contribution in [3.63, 3.8) is 0 Å². The number of thioether (sulfide) groups is 1. The average molecular weight is 655 g/mol. The van der Waals surface area contributed by atoms with Gasteiger partial charge in [0.1, 0.15) is 16.5 Å². The van der Waals surface area contributed by atoms with Gasteiger partial charge in [-0.2, -0.15) is 0 Å². The van der Waals surface area contributed by atoms with Gasteiger partial charge in [-0.05, 0) is 93.6 Å². The number of rotatable bonds is 5. The highest BCUT2D eigenvalue weighted by Gasteiger charge is 2.54. The molecule has 44 heavy (non-hydrogen) atoms. The third kappa shape index (κ3) is 5.36. The summed E-state index contributed by atoms with van der Waals surface area (Å²) >= 11 is 14.0. The second kappa shape index (κ2) is 12.0. The molecule has 0 spiro atoms. The molecule has 0 saturated carbocycles. The molecular weight excluding hydrogens is 613 g/mol. The summed E-state index contributed by atoms with van der Waals surface area (Å²) in [6.07, 6.45) is 1.48. The summed E-state index contributed by atoms with van der Waals surface area (Å²) in [5.74, 6) is 0.0288. The van der Waals surface area contributed by atoms with Gasteiger partial charge in [0.15, 0.2) is 5.17 Å². The zero-order valence-corrected chi connectivity index (χ0v) is 28.5. The maximum atomic E-state index is 14.7. The molecule has 234 valence electrons. The summed E-state index contributed by atoms with van der Waals surface area (Å²) in [4.78, 5) is 40.8. The number of amides is 2. The lowest BCUT2D eigenvalue weighted by Gasteiger charge is -2.40. The molecule has 7 nitrogen and oxygen atoms in total. The van der Waals surface area contributed by atoms with E-state index in [1.807, 2.05) is 46.2 Å². The predicted octanol–water partition coefficient (Wildman–Crippen LogP) is 6.82. The Bertz CT molecular complexity index is 1510. The summed E-state index contributed by atoms with van der Waals surface area (Å²) < 4.78 is 0. The monoisotopic (exact) mass is 653 g/mol. The van der Waals surface area contributed by atoms with E-state index >= 15 is 0 Å². The summed E-state index contributed by atoms with van der Waals surface area (Å²) in [6.45, 7) is 14.1. The van der Waals surface area contributed by atoms with E-state index in [0.29, 0.717) is 27.9 Å². The van der Waals surface area contributed by atoms with Crippen molar-refractivity contribution in [3.05, 3.63) is 80.3 Å². The maximum absolute atomic E-state index is 14.7. The Kier molecular flexibility index (Phi) is 8.59. The molecule has 1 N–H and O–H groups in total. The van der Waals surface area contributed by atoms with Crippen LogP contribution in [0.5, 0.6) is 0 Å². The van der Waals surface area contributed by atoms with Crippen molar-refractivity contribution in [2.24, 2.45) is 10.9 Å². The van der Waals surface area contributed by atoms with Crippen LogP contribution in [-0.4, -0.2) is 68.9 Å². The Hall–Kier alpha value is -2.52. The number of carbonyl (C=O) groups is 2. The highest BCUT2D eigenvalue weighted by atomic mass is 35.5. The number of hydrogen-bond donors (Lipinski definition) is 1. The Morgan fingerprint density at radius 3 is 2.25 bits per heavy atom. The van der Waals surface area contributed by atoms with Crippen LogP contribution in [0, 0.1) is 5.92 Å². The van der Waals surface area contributed by atoms with E-state index < -0.39 is 11.6 Å². The lowest BCUT2D eigenvalue weighted by Crippen LogP contribution is -2.60. The smallest absolute Gasteiger partial charge is 0.263 e. The molecule has 0 radical (unpaired) electrons. The van der Waals surface area contributed by atoms with Gasteiger partial charge in [-0.25, -0.2) is 4.99 Å². The first kappa shape index (κ1) is 31.5. The topological polar surface area (TPSA) is 68.2 Å². The minimum absolute atomic E-state index is 0.0302. The van der Waals surface area contributed by atoms with Crippen molar-refractivity contribution in [1.29, 1.82) is 0 Å². The van der Waals surface area contributed by atoms with Gasteiger partial charge in [-0.15, -0.1) is 0 Å². The Balaban J connectivity index is 1.40. The molecule has 4 heterocycles. The van der Waals surface area contributed by atoms with Crippen LogP contribution in [0.4, 0.5) is 0 Å². The molecule has 4 aliphatic heterocycles. The highest BCUT2D eigenvalue weighted by molar-refractivity contribution is 8.18. The molecule has 0 unspecified atom stereocenters. The van der Waals surface area contributed by atoms with Gasteiger partial charge in [0.05, 0.1) is 6.04 Å². The lowest BCUT2D eigenvalue weighted by molar-refractivity contribution is -0.145. The van der Waals surface area contributed by atoms with E-state index in [2.05, 4.69) is 63.9 Å². The molecular formula is C34H41Cl2N5O2S. The van der Waals surface area contributed by atoms with Crippen molar-refractivity contribution in [1.82, 2.24) is 20.0 Å². The lowest BCUT2D eigenvalue weighted by atomic mass is 9.81. The van der Waals surface area contributed by atoms with E-state index in [-0.39, 0.29) is 41.9 Å². The molecule has 2 aromatic carbocycles. The number of amidine groups is 1. The molecule has 2 aromatic rings. The van der Waals surface area contributed by atoms with Gasteiger partial charge in [0, 0.05) is 47.0 Å². The second-order valence-electron chi connectivity index (χ2n) is 13.1.